The second-order valence-electron chi connectivity index (χ2n) is 9.58. The summed E-state index contributed by atoms with van der Waals surface area (Å²) < 4.78 is 5.79. The molecule has 7 heteroatoms. The van der Waals surface area contributed by atoms with Crippen LogP contribution >= 0.6 is 11.6 Å². The van der Waals surface area contributed by atoms with E-state index in [0.717, 1.165) is 24.0 Å². The van der Waals surface area contributed by atoms with E-state index in [1.807, 2.05) is 68.1 Å². The lowest BCUT2D eigenvalue weighted by molar-refractivity contribution is -0.149. The van der Waals surface area contributed by atoms with E-state index < -0.39 is 6.04 Å². The second kappa shape index (κ2) is 10.9. The lowest BCUT2D eigenvalue weighted by Crippen LogP contribution is -2.52. The number of aryl methyl sites for hydroxylation is 1. The Balaban J connectivity index is 1.45. The summed E-state index contributed by atoms with van der Waals surface area (Å²) in [6.45, 7) is 8.64. The second-order valence-corrected chi connectivity index (χ2v) is 9.98. The van der Waals surface area contributed by atoms with Gasteiger partial charge in [0.25, 0.3) is 0 Å². The molecular weight excluding hydrogens is 450 g/mol. The summed E-state index contributed by atoms with van der Waals surface area (Å²) in [4.78, 5) is 30.8. The van der Waals surface area contributed by atoms with Gasteiger partial charge in [0.05, 0.1) is 12.2 Å². The van der Waals surface area contributed by atoms with E-state index in [4.69, 9.17) is 16.3 Å². The topological polar surface area (TPSA) is 61.9 Å². The Morgan fingerprint density at radius 2 is 1.68 bits per heavy atom. The maximum atomic E-state index is 13.5. The van der Waals surface area contributed by atoms with Gasteiger partial charge in [0.2, 0.25) is 11.8 Å². The van der Waals surface area contributed by atoms with Crippen molar-refractivity contribution in [2.24, 2.45) is 5.92 Å². The van der Waals surface area contributed by atoms with Crippen molar-refractivity contribution in [1.82, 2.24) is 9.80 Å². The monoisotopic (exact) mass is 483 g/mol. The van der Waals surface area contributed by atoms with E-state index in [0.29, 0.717) is 36.9 Å². The minimum Gasteiger partial charge on any atom is -0.372 e. The lowest BCUT2D eigenvalue weighted by Gasteiger charge is -2.40. The predicted octanol–water partition coefficient (Wildman–Crippen LogP) is 4.68. The first-order valence-corrected chi connectivity index (χ1v) is 12.5. The Morgan fingerprint density at radius 3 is 2.29 bits per heavy atom. The summed E-state index contributed by atoms with van der Waals surface area (Å²) in [7, 11) is 0. The highest BCUT2D eigenvalue weighted by Gasteiger charge is 2.36. The van der Waals surface area contributed by atoms with E-state index in [1.54, 1.807) is 6.07 Å². The minimum absolute atomic E-state index is 0.0101. The third-order valence-corrected chi connectivity index (χ3v) is 7.19. The highest BCUT2D eigenvalue weighted by Crippen LogP contribution is 2.30. The number of piperidine rings is 1. The number of amides is 2. The summed E-state index contributed by atoms with van der Waals surface area (Å²) in [5.41, 5.74) is 2.59. The molecule has 3 unspecified atom stereocenters. The van der Waals surface area contributed by atoms with Crippen LogP contribution in [0.5, 0.6) is 0 Å². The fraction of sp³-hybridized carbons (Fsp3) is 0.481. The van der Waals surface area contributed by atoms with E-state index in [2.05, 4.69) is 10.2 Å². The fourth-order valence-electron chi connectivity index (χ4n) is 5.07. The summed E-state index contributed by atoms with van der Waals surface area (Å²) >= 11 is 6.26. The van der Waals surface area contributed by atoms with Gasteiger partial charge in [-0.3, -0.25) is 14.5 Å². The van der Waals surface area contributed by atoms with Crippen molar-refractivity contribution < 1.29 is 14.3 Å². The molecule has 34 heavy (non-hydrogen) atoms. The van der Waals surface area contributed by atoms with Gasteiger partial charge >= 0.3 is 0 Å². The van der Waals surface area contributed by atoms with Gasteiger partial charge in [0, 0.05) is 29.7 Å². The number of halogens is 1. The number of carbonyl (C=O) groups is 2. The van der Waals surface area contributed by atoms with Gasteiger partial charge in [0.15, 0.2) is 0 Å². The molecule has 0 spiro atoms. The molecule has 6 nitrogen and oxygen atoms in total. The average molecular weight is 484 g/mol. The molecule has 4 rings (SSSR count). The van der Waals surface area contributed by atoms with Crippen LogP contribution in [0, 0.1) is 12.8 Å². The van der Waals surface area contributed by atoms with Gasteiger partial charge < -0.3 is 15.0 Å². The van der Waals surface area contributed by atoms with Gasteiger partial charge in [-0.05, 0) is 70.0 Å². The zero-order valence-electron chi connectivity index (χ0n) is 20.2. The van der Waals surface area contributed by atoms with Crippen molar-refractivity contribution in [3.8, 4) is 0 Å². The number of rotatable bonds is 5. The first-order valence-electron chi connectivity index (χ1n) is 12.1. The number of hydrogen-bond acceptors (Lipinski definition) is 4. The predicted molar refractivity (Wildman–Crippen MR) is 135 cm³/mol. The van der Waals surface area contributed by atoms with E-state index >= 15 is 0 Å². The largest absolute Gasteiger partial charge is 0.372 e. The summed E-state index contributed by atoms with van der Waals surface area (Å²) in [5.74, 6) is 0.118. The summed E-state index contributed by atoms with van der Waals surface area (Å²) in [5, 5.41) is 3.67. The molecule has 0 aliphatic carbocycles. The van der Waals surface area contributed by atoms with Crippen molar-refractivity contribution in [3.05, 3.63) is 64.7 Å². The van der Waals surface area contributed by atoms with Crippen LogP contribution in [-0.4, -0.2) is 60.0 Å². The zero-order chi connectivity index (χ0) is 24.2. The molecule has 2 aromatic carbocycles. The average Bonchev–Trinajstić information content (AvgIpc) is 2.82. The third kappa shape index (κ3) is 5.80. The summed E-state index contributed by atoms with van der Waals surface area (Å²) in [6, 6.07) is 15.0. The van der Waals surface area contributed by atoms with Crippen LogP contribution in [0.3, 0.4) is 0 Å². The van der Waals surface area contributed by atoms with Gasteiger partial charge in [-0.1, -0.05) is 48.0 Å². The van der Waals surface area contributed by atoms with E-state index in [-0.39, 0.29) is 29.9 Å². The van der Waals surface area contributed by atoms with Crippen molar-refractivity contribution in [1.29, 1.82) is 0 Å². The quantitative estimate of drug-likeness (QED) is 0.671. The molecule has 1 N–H and O–H groups in total. The molecule has 2 aliphatic rings. The molecule has 0 bridgehead atoms. The fourth-order valence-corrected chi connectivity index (χ4v) is 5.25. The maximum Gasteiger partial charge on any atom is 0.246 e. The number of nitrogens with zero attached hydrogens (tertiary/aromatic N) is 2. The molecule has 2 fully saturated rings. The Bertz CT molecular complexity index is 997. The number of morpholine rings is 1. The highest BCUT2D eigenvalue weighted by atomic mass is 35.5. The molecule has 3 atom stereocenters. The zero-order valence-corrected chi connectivity index (χ0v) is 20.9. The third-order valence-electron chi connectivity index (χ3n) is 6.78. The molecule has 182 valence electrons. The van der Waals surface area contributed by atoms with E-state index in [9.17, 15) is 9.59 Å². The van der Waals surface area contributed by atoms with Crippen LogP contribution in [0.1, 0.15) is 43.9 Å². The molecule has 2 amide bonds. The minimum atomic E-state index is -0.430. The standard InChI is InChI=1S/C27H34ClN3O3/c1-18-9-10-23(15-24(18)28)29-26(32)25(21-7-5-4-6-8-21)30-13-11-22(12-14-30)27(33)31-16-19(2)34-20(3)17-31/h4-10,15,19-20,22,25H,11-14,16-17H2,1-3H3,(H,29,32). The number of nitrogens with one attached hydrogen (secondary N) is 1. The van der Waals surface area contributed by atoms with Crippen LogP contribution in [-0.2, 0) is 14.3 Å². The van der Waals surface area contributed by atoms with Crippen molar-refractivity contribution in [2.75, 3.05) is 31.5 Å². The Morgan fingerprint density at radius 1 is 1.03 bits per heavy atom. The van der Waals surface area contributed by atoms with Gasteiger partial charge in [-0.15, -0.1) is 0 Å². The number of anilines is 1. The van der Waals surface area contributed by atoms with Crippen molar-refractivity contribution in [2.45, 2.75) is 51.9 Å². The molecule has 0 aromatic heterocycles. The highest BCUT2D eigenvalue weighted by molar-refractivity contribution is 6.31. The van der Waals surface area contributed by atoms with E-state index in [1.165, 1.54) is 0 Å². The first kappa shape index (κ1) is 24.7. The van der Waals surface area contributed by atoms with Crippen molar-refractivity contribution >= 4 is 29.1 Å². The molecule has 2 heterocycles. The van der Waals surface area contributed by atoms with Gasteiger partial charge in [0.1, 0.15) is 6.04 Å². The lowest BCUT2D eigenvalue weighted by atomic mass is 9.92. The maximum absolute atomic E-state index is 13.5. The summed E-state index contributed by atoms with van der Waals surface area (Å²) in [6.07, 6.45) is 1.61. The number of ether oxygens (including phenoxy) is 1. The molecule has 2 saturated heterocycles. The van der Waals surface area contributed by atoms with Crippen LogP contribution in [0.2, 0.25) is 5.02 Å². The Kier molecular flexibility index (Phi) is 7.91. The normalized spacial score (nSPS) is 22.9. The number of benzene rings is 2. The molecule has 0 radical (unpaired) electrons. The molecule has 2 aliphatic heterocycles. The van der Waals surface area contributed by atoms with Crippen LogP contribution in [0.25, 0.3) is 0 Å². The van der Waals surface area contributed by atoms with Gasteiger partial charge in [-0.25, -0.2) is 0 Å². The Labute approximate surface area is 207 Å². The SMILES string of the molecule is Cc1ccc(NC(=O)C(c2ccccc2)N2CCC(C(=O)N3CC(C)OC(C)C3)CC2)cc1Cl. The number of likely N-dealkylation sites (tertiary alicyclic amines) is 1. The number of carbonyl (C=O) groups excluding carboxylic acids is 2. The van der Waals surface area contributed by atoms with Crippen LogP contribution < -0.4 is 5.32 Å². The van der Waals surface area contributed by atoms with Crippen molar-refractivity contribution in [3.63, 3.8) is 0 Å². The smallest absolute Gasteiger partial charge is 0.246 e. The number of hydrogen-bond donors (Lipinski definition) is 1. The molecule has 2 aromatic rings. The van der Waals surface area contributed by atoms with Gasteiger partial charge in [-0.2, -0.15) is 0 Å². The Hall–Kier alpha value is -2.41. The molecule has 0 saturated carbocycles. The van der Waals surface area contributed by atoms with Crippen LogP contribution in [0.4, 0.5) is 5.69 Å². The first-order chi connectivity index (χ1) is 16.3. The van der Waals surface area contributed by atoms with Crippen LogP contribution in [0.15, 0.2) is 48.5 Å². The molecular formula is C27H34ClN3O3.